The van der Waals surface area contributed by atoms with E-state index >= 15 is 0 Å². The molecule has 0 atom stereocenters. The van der Waals surface area contributed by atoms with Gasteiger partial charge in [0.15, 0.2) is 0 Å². The van der Waals surface area contributed by atoms with Crippen LogP contribution in [0.5, 0.6) is 5.75 Å². The van der Waals surface area contributed by atoms with Crippen LogP contribution < -0.4 is 4.74 Å². The Labute approximate surface area is 129 Å². The van der Waals surface area contributed by atoms with Crippen molar-refractivity contribution < 1.29 is 4.74 Å². The number of methoxy groups -OCH3 is 1. The minimum Gasteiger partial charge on any atom is -0.497 e. The molecular formula is C18H19NOS. The third-order valence-electron chi connectivity index (χ3n) is 3.76. The van der Waals surface area contributed by atoms with Crippen LogP contribution in [0.3, 0.4) is 0 Å². The zero-order valence-electron chi connectivity index (χ0n) is 12.6. The Morgan fingerprint density at radius 3 is 2.52 bits per heavy atom. The van der Waals surface area contributed by atoms with Crippen molar-refractivity contribution in [3.63, 3.8) is 0 Å². The largest absolute Gasteiger partial charge is 0.497 e. The Morgan fingerprint density at radius 2 is 1.81 bits per heavy atom. The van der Waals surface area contributed by atoms with Gasteiger partial charge in [-0.05, 0) is 43.3 Å². The first kappa shape index (κ1) is 14.1. The lowest BCUT2D eigenvalue weighted by atomic mass is 10.2. The van der Waals surface area contributed by atoms with Gasteiger partial charge in [0.05, 0.1) is 7.11 Å². The molecule has 21 heavy (non-hydrogen) atoms. The third kappa shape index (κ3) is 2.93. The summed E-state index contributed by atoms with van der Waals surface area (Å²) in [5, 5.41) is 1.23. The zero-order chi connectivity index (χ0) is 14.8. The minimum absolute atomic E-state index is 0.908. The summed E-state index contributed by atoms with van der Waals surface area (Å²) < 4.78 is 7.56. The summed E-state index contributed by atoms with van der Waals surface area (Å²) in [6, 6.07) is 17.2. The van der Waals surface area contributed by atoms with Crippen LogP contribution in [0, 0.1) is 6.92 Å². The van der Waals surface area contributed by atoms with E-state index in [4.69, 9.17) is 4.74 Å². The van der Waals surface area contributed by atoms with Gasteiger partial charge in [-0.3, -0.25) is 0 Å². The summed E-state index contributed by atoms with van der Waals surface area (Å²) in [6.07, 6.45) is 0. The third-order valence-corrected chi connectivity index (χ3v) is 4.80. The monoisotopic (exact) mass is 297 g/mol. The number of rotatable bonds is 4. The fourth-order valence-electron chi connectivity index (χ4n) is 2.44. The molecule has 1 aromatic heterocycles. The number of benzene rings is 2. The second-order valence-corrected chi connectivity index (χ2v) is 6.27. The van der Waals surface area contributed by atoms with Gasteiger partial charge < -0.3 is 9.30 Å². The van der Waals surface area contributed by atoms with E-state index in [9.17, 15) is 0 Å². The zero-order valence-corrected chi connectivity index (χ0v) is 13.4. The highest BCUT2D eigenvalue weighted by Gasteiger charge is 2.07. The maximum Gasteiger partial charge on any atom is 0.119 e. The molecule has 0 aliphatic rings. The van der Waals surface area contributed by atoms with Crippen LogP contribution in [-0.2, 0) is 12.8 Å². The lowest BCUT2D eigenvalue weighted by molar-refractivity contribution is 0.415. The summed E-state index contributed by atoms with van der Waals surface area (Å²) in [5.74, 6) is 1.88. The van der Waals surface area contributed by atoms with Gasteiger partial charge in [-0.1, -0.05) is 17.7 Å². The number of nitrogens with zero attached hydrogens (tertiary/aromatic N) is 1. The first-order chi connectivity index (χ1) is 10.2. The highest BCUT2D eigenvalue weighted by molar-refractivity contribution is 7.98. The van der Waals surface area contributed by atoms with E-state index in [-0.39, 0.29) is 0 Å². The summed E-state index contributed by atoms with van der Waals surface area (Å²) in [6.45, 7) is 2.12. The summed E-state index contributed by atoms with van der Waals surface area (Å²) in [7, 11) is 3.83. The van der Waals surface area contributed by atoms with E-state index in [2.05, 4.69) is 61.0 Å². The SMILES string of the molecule is COc1ccc2c(c1)cc(CSc1ccc(C)cc1)n2C. The molecular weight excluding hydrogens is 278 g/mol. The van der Waals surface area contributed by atoms with Crippen molar-refractivity contribution in [2.24, 2.45) is 7.05 Å². The number of aromatic nitrogens is 1. The van der Waals surface area contributed by atoms with Gasteiger partial charge >= 0.3 is 0 Å². The molecule has 108 valence electrons. The fraction of sp³-hybridized carbons (Fsp3) is 0.222. The van der Waals surface area contributed by atoms with E-state index < -0.39 is 0 Å². The van der Waals surface area contributed by atoms with Gasteiger partial charge in [-0.25, -0.2) is 0 Å². The molecule has 3 heteroatoms. The minimum atomic E-state index is 0.908. The molecule has 0 spiro atoms. The molecule has 0 fully saturated rings. The van der Waals surface area contributed by atoms with Gasteiger partial charge in [0, 0.05) is 34.3 Å². The van der Waals surface area contributed by atoms with Crippen LogP contribution in [0.25, 0.3) is 10.9 Å². The Morgan fingerprint density at radius 1 is 1.05 bits per heavy atom. The topological polar surface area (TPSA) is 14.2 Å². The molecule has 3 rings (SSSR count). The van der Waals surface area contributed by atoms with Crippen molar-refractivity contribution >= 4 is 22.7 Å². The van der Waals surface area contributed by atoms with Gasteiger partial charge in [-0.15, -0.1) is 11.8 Å². The van der Waals surface area contributed by atoms with Crippen LogP contribution in [-0.4, -0.2) is 11.7 Å². The standard InChI is InChI=1S/C18H19NOS/c1-13-4-7-17(8-5-13)21-12-15-10-14-11-16(20-3)6-9-18(14)19(15)2/h4-11H,12H2,1-3H3. The van der Waals surface area contributed by atoms with Gasteiger partial charge in [0.1, 0.15) is 5.75 Å². The van der Waals surface area contributed by atoms with Crippen LogP contribution in [0.15, 0.2) is 53.4 Å². The average Bonchev–Trinajstić information content (AvgIpc) is 2.82. The first-order valence-corrected chi connectivity index (χ1v) is 7.98. The molecule has 2 aromatic carbocycles. The Kier molecular flexibility index (Phi) is 3.93. The van der Waals surface area contributed by atoms with Crippen LogP contribution in [0.4, 0.5) is 0 Å². The second-order valence-electron chi connectivity index (χ2n) is 5.22. The van der Waals surface area contributed by atoms with Crippen LogP contribution in [0.2, 0.25) is 0 Å². The van der Waals surface area contributed by atoms with E-state index in [1.165, 1.54) is 27.1 Å². The predicted molar refractivity (Wildman–Crippen MR) is 90.2 cm³/mol. The maximum absolute atomic E-state index is 5.30. The van der Waals surface area contributed by atoms with Crippen molar-refractivity contribution in [1.29, 1.82) is 0 Å². The molecule has 0 unspecified atom stereocenters. The maximum atomic E-state index is 5.30. The molecule has 1 heterocycles. The Balaban J connectivity index is 1.83. The predicted octanol–water partition coefficient (Wildman–Crippen LogP) is 4.79. The molecule has 0 amide bonds. The Bertz CT molecular complexity index is 759. The van der Waals surface area contributed by atoms with Crippen LogP contribution in [0.1, 0.15) is 11.3 Å². The molecule has 0 bridgehead atoms. The van der Waals surface area contributed by atoms with E-state index in [1.54, 1.807) is 7.11 Å². The van der Waals surface area contributed by atoms with Gasteiger partial charge in [0.2, 0.25) is 0 Å². The van der Waals surface area contributed by atoms with E-state index in [1.807, 2.05) is 17.8 Å². The highest BCUT2D eigenvalue weighted by Crippen LogP contribution is 2.28. The van der Waals surface area contributed by atoms with E-state index in [0.29, 0.717) is 0 Å². The number of fused-ring (bicyclic) bond motifs is 1. The van der Waals surface area contributed by atoms with Gasteiger partial charge in [-0.2, -0.15) is 0 Å². The number of hydrogen-bond donors (Lipinski definition) is 0. The van der Waals surface area contributed by atoms with Crippen LogP contribution >= 0.6 is 11.8 Å². The van der Waals surface area contributed by atoms with Gasteiger partial charge in [0.25, 0.3) is 0 Å². The molecule has 0 aliphatic heterocycles. The quantitative estimate of drug-likeness (QED) is 0.643. The Hall–Kier alpha value is -1.87. The van der Waals surface area contributed by atoms with Crippen molar-refractivity contribution in [2.75, 3.05) is 7.11 Å². The summed E-state index contributed by atoms with van der Waals surface area (Å²) in [5.41, 5.74) is 3.87. The normalized spacial score (nSPS) is 11.0. The number of hydrogen-bond acceptors (Lipinski definition) is 2. The fourth-order valence-corrected chi connectivity index (χ4v) is 3.36. The lowest BCUT2D eigenvalue weighted by Gasteiger charge is -2.05. The lowest BCUT2D eigenvalue weighted by Crippen LogP contribution is -1.93. The van der Waals surface area contributed by atoms with E-state index in [0.717, 1.165) is 11.5 Å². The number of thioether (sulfide) groups is 1. The molecule has 0 radical (unpaired) electrons. The summed E-state index contributed by atoms with van der Waals surface area (Å²) >= 11 is 1.87. The number of ether oxygens (including phenoxy) is 1. The highest BCUT2D eigenvalue weighted by atomic mass is 32.2. The molecule has 0 saturated heterocycles. The summed E-state index contributed by atoms with van der Waals surface area (Å²) in [4.78, 5) is 1.31. The smallest absolute Gasteiger partial charge is 0.119 e. The van der Waals surface area contributed by atoms with Crippen molar-refractivity contribution in [3.8, 4) is 5.75 Å². The first-order valence-electron chi connectivity index (χ1n) is 6.99. The molecule has 3 aromatic rings. The van der Waals surface area contributed by atoms with Crippen molar-refractivity contribution in [3.05, 3.63) is 59.8 Å². The molecule has 2 nitrogen and oxygen atoms in total. The average molecular weight is 297 g/mol. The molecule has 0 saturated carbocycles. The number of aryl methyl sites for hydroxylation is 2. The van der Waals surface area contributed by atoms with Crippen molar-refractivity contribution in [2.45, 2.75) is 17.6 Å². The molecule has 0 N–H and O–H groups in total. The second kappa shape index (κ2) is 5.86. The van der Waals surface area contributed by atoms with Crippen molar-refractivity contribution in [1.82, 2.24) is 4.57 Å². The molecule has 0 aliphatic carbocycles.